The number of hydrogen-bond acceptors (Lipinski definition) is 4. The molecule has 2 rings (SSSR count). The van der Waals surface area contributed by atoms with Gasteiger partial charge in [0.05, 0.1) is 6.04 Å². The number of likely N-dealkylation sites (N-methyl/N-ethyl adjacent to an activating group) is 1. The zero-order valence-electron chi connectivity index (χ0n) is 15.6. The highest BCUT2D eigenvalue weighted by Crippen LogP contribution is 2.26. The van der Waals surface area contributed by atoms with Crippen LogP contribution >= 0.6 is 11.6 Å². The standard InChI is InChI=1S/C19H19ClF3N3O3/c1-26(2)16(14-5-3-4-6-15(14)20)11-24-17(27)18(28)25-12-7-9-13(10-8-12)29-19(21,22)23/h3-10,16H,11H2,1-2H3,(H,24,27)(H,25,28)/t16-/m1/s1. The third-order valence-corrected chi connectivity index (χ3v) is 4.24. The maximum absolute atomic E-state index is 12.2. The van der Waals surface area contributed by atoms with E-state index in [0.29, 0.717) is 5.02 Å². The summed E-state index contributed by atoms with van der Waals surface area (Å²) in [4.78, 5) is 26.0. The topological polar surface area (TPSA) is 70.7 Å². The molecule has 0 saturated carbocycles. The number of anilines is 1. The minimum atomic E-state index is -4.81. The Morgan fingerprint density at radius 3 is 2.24 bits per heavy atom. The zero-order chi connectivity index (χ0) is 21.6. The first-order chi connectivity index (χ1) is 13.6. The predicted octanol–water partition coefficient (Wildman–Crippen LogP) is 3.60. The van der Waals surface area contributed by atoms with Gasteiger partial charge in [-0.3, -0.25) is 9.59 Å². The smallest absolute Gasteiger partial charge is 0.406 e. The van der Waals surface area contributed by atoms with E-state index in [1.54, 1.807) is 12.1 Å². The quantitative estimate of drug-likeness (QED) is 0.688. The molecule has 0 fully saturated rings. The van der Waals surface area contributed by atoms with Gasteiger partial charge in [-0.1, -0.05) is 29.8 Å². The molecule has 1 atom stereocenters. The van der Waals surface area contributed by atoms with Gasteiger partial charge in [0, 0.05) is 17.3 Å². The molecule has 0 aliphatic rings. The van der Waals surface area contributed by atoms with Crippen LogP contribution in [0, 0.1) is 0 Å². The van der Waals surface area contributed by atoms with E-state index in [4.69, 9.17) is 11.6 Å². The molecule has 0 radical (unpaired) electrons. The summed E-state index contributed by atoms with van der Waals surface area (Å²) >= 11 is 6.20. The highest BCUT2D eigenvalue weighted by molar-refractivity contribution is 6.39. The maximum Gasteiger partial charge on any atom is 0.573 e. The molecule has 0 aliphatic heterocycles. The number of carbonyl (C=O) groups excluding carboxylic acids is 2. The van der Waals surface area contributed by atoms with Crippen molar-refractivity contribution in [2.75, 3.05) is 26.0 Å². The Balaban J connectivity index is 1.94. The Kier molecular flexibility index (Phi) is 7.46. The fraction of sp³-hybridized carbons (Fsp3) is 0.263. The number of nitrogens with one attached hydrogen (secondary N) is 2. The Morgan fingerprint density at radius 2 is 1.69 bits per heavy atom. The van der Waals surface area contributed by atoms with Crippen LogP contribution in [0.4, 0.5) is 18.9 Å². The van der Waals surface area contributed by atoms with Crippen LogP contribution in [-0.4, -0.2) is 43.7 Å². The maximum atomic E-state index is 12.2. The lowest BCUT2D eigenvalue weighted by Crippen LogP contribution is -2.40. The number of amides is 2. The number of benzene rings is 2. The van der Waals surface area contributed by atoms with Crippen molar-refractivity contribution in [2.45, 2.75) is 12.4 Å². The van der Waals surface area contributed by atoms with Crippen molar-refractivity contribution in [3.63, 3.8) is 0 Å². The molecule has 6 nitrogen and oxygen atoms in total. The van der Waals surface area contributed by atoms with Crippen molar-refractivity contribution in [1.82, 2.24) is 10.2 Å². The van der Waals surface area contributed by atoms with Gasteiger partial charge in [0.25, 0.3) is 0 Å². The monoisotopic (exact) mass is 429 g/mol. The first-order valence-corrected chi connectivity index (χ1v) is 8.80. The molecule has 156 valence electrons. The molecule has 0 saturated heterocycles. The lowest BCUT2D eigenvalue weighted by Gasteiger charge is -2.25. The molecule has 0 spiro atoms. The minimum absolute atomic E-state index is 0.126. The van der Waals surface area contributed by atoms with Crippen LogP contribution in [0.25, 0.3) is 0 Å². The second kappa shape index (κ2) is 9.62. The molecule has 2 amide bonds. The van der Waals surface area contributed by atoms with Crippen LogP contribution in [0.5, 0.6) is 5.75 Å². The third kappa shape index (κ3) is 6.95. The molecule has 0 aliphatic carbocycles. The van der Waals surface area contributed by atoms with Crippen LogP contribution in [-0.2, 0) is 9.59 Å². The zero-order valence-corrected chi connectivity index (χ0v) is 16.3. The van der Waals surface area contributed by atoms with Gasteiger partial charge in [-0.15, -0.1) is 13.2 Å². The number of hydrogen-bond donors (Lipinski definition) is 2. The lowest BCUT2D eigenvalue weighted by atomic mass is 10.1. The van der Waals surface area contributed by atoms with Gasteiger partial charge in [-0.2, -0.15) is 0 Å². The summed E-state index contributed by atoms with van der Waals surface area (Å²) in [6.07, 6.45) is -4.81. The van der Waals surface area contributed by atoms with Gasteiger partial charge < -0.3 is 20.3 Å². The molecule has 0 unspecified atom stereocenters. The lowest BCUT2D eigenvalue weighted by molar-refractivity contribution is -0.274. The van der Waals surface area contributed by atoms with E-state index in [0.717, 1.165) is 17.7 Å². The van der Waals surface area contributed by atoms with Crippen molar-refractivity contribution in [3.8, 4) is 5.75 Å². The molecular formula is C19H19ClF3N3O3. The number of carbonyl (C=O) groups is 2. The summed E-state index contributed by atoms with van der Waals surface area (Å²) in [7, 11) is 3.62. The fourth-order valence-electron chi connectivity index (χ4n) is 2.51. The van der Waals surface area contributed by atoms with Gasteiger partial charge >= 0.3 is 18.2 Å². The second-order valence-electron chi connectivity index (χ2n) is 6.24. The highest BCUT2D eigenvalue weighted by atomic mass is 35.5. The van der Waals surface area contributed by atoms with Crippen molar-refractivity contribution < 1.29 is 27.5 Å². The molecular weight excluding hydrogens is 411 g/mol. The van der Waals surface area contributed by atoms with E-state index in [2.05, 4.69) is 15.4 Å². The Bertz CT molecular complexity index is 858. The summed E-state index contributed by atoms with van der Waals surface area (Å²) in [6.45, 7) is 0.126. The van der Waals surface area contributed by atoms with E-state index in [1.807, 2.05) is 31.1 Å². The van der Waals surface area contributed by atoms with Crippen molar-refractivity contribution >= 4 is 29.1 Å². The van der Waals surface area contributed by atoms with Crippen LogP contribution < -0.4 is 15.4 Å². The third-order valence-electron chi connectivity index (χ3n) is 3.90. The Hall–Kier alpha value is -2.78. The van der Waals surface area contributed by atoms with Gasteiger partial charge in [0.2, 0.25) is 0 Å². The summed E-state index contributed by atoms with van der Waals surface area (Å²) in [6, 6.07) is 11.3. The molecule has 0 aromatic heterocycles. The first kappa shape index (κ1) is 22.5. The SMILES string of the molecule is CN(C)[C@H](CNC(=O)C(=O)Nc1ccc(OC(F)(F)F)cc1)c1ccccc1Cl. The van der Waals surface area contributed by atoms with Crippen molar-refractivity contribution in [2.24, 2.45) is 0 Å². The van der Waals surface area contributed by atoms with Crippen LogP contribution in [0.15, 0.2) is 48.5 Å². The first-order valence-electron chi connectivity index (χ1n) is 8.42. The molecule has 10 heteroatoms. The summed E-state index contributed by atoms with van der Waals surface area (Å²) < 4.78 is 40.2. The fourth-order valence-corrected chi connectivity index (χ4v) is 2.78. The van der Waals surface area contributed by atoms with Crippen LogP contribution in [0.2, 0.25) is 5.02 Å². The van der Waals surface area contributed by atoms with Crippen LogP contribution in [0.1, 0.15) is 11.6 Å². The van der Waals surface area contributed by atoms with Gasteiger partial charge in [0.1, 0.15) is 5.75 Å². The van der Waals surface area contributed by atoms with E-state index >= 15 is 0 Å². The average Bonchev–Trinajstić information content (AvgIpc) is 2.63. The summed E-state index contributed by atoms with van der Waals surface area (Å²) in [5.74, 6) is -2.28. The second-order valence-corrected chi connectivity index (χ2v) is 6.64. The van der Waals surface area contributed by atoms with E-state index in [9.17, 15) is 22.8 Å². The van der Waals surface area contributed by atoms with E-state index in [1.165, 1.54) is 12.1 Å². The molecule has 0 bridgehead atoms. The highest BCUT2D eigenvalue weighted by Gasteiger charge is 2.31. The molecule has 2 aromatic carbocycles. The summed E-state index contributed by atoms with van der Waals surface area (Å²) in [5, 5.41) is 5.37. The minimum Gasteiger partial charge on any atom is -0.406 e. The van der Waals surface area contributed by atoms with Crippen molar-refractivity contribution in [1.29, 1.82) is 0 Å². The predicted molar refractivity (Wildman–Crippen MR) is 103 cm³/mol. The largest absolute Gasteiger partial charge is 0.573 e. The van der Waals surface area contributed by atoms with E-state index in [-0.39, 0.29) is 18.3 Å². The normalized spacial score (nSPS) is 12.4. The Labute approximate surface area is 170 Å². The number of alkyl halides is 3. The molecule has 2 aromatic rings. The Morgan fingerprint density at radius 1 is 1.07 bits per heavy atom. The van der Waals surface area contributed by atoms with E-state index < -0.39 is 23.9 Å². The molecule has 29 heavy (non-hydrogen) atoms. The average molecular weight is 430 g/mol. The number of nitrogens with zero attached hydrogens (tertiary/aromatic N) is 1. The van der Waals surface area contributed by atoms with Gasteiger partial charge in [-0.25, -0.2) is 0 Å². The summed E-state index contributed by atoms with van der Waals surface area (Å²) in [5.41, 5.74) is 0.940. The number of rotatable bonds is 6. The van der Waals surface area contributed by atoms with Gasteiger partial charge in [0.15, 0.2) is 0 Å². The number of ether oxygens (including phenoxy) is 1. The van der Waals surface area contributed by atoms with Crippen molar-refractivity contribution in [3.05, 3.63) is 59.1 Å². The number of halogens is 4. The van der Waals surface area contributed by atoms with Crippen LogP contribution in [0.3, 0.4) is 0 Å². The molecule has 0 heterocycles. The molecule has 2 N–H and O–H groups in total. The van der Waals surface area contributed by atoms with Gasteiger partial charge in [-0.05, 0) is 50.0 Å².